The van der Waals surface area contributed by atoms with Crippen LogP contribution in [-0.4, -0.2) is 62.9 Å². The first-order chi connectivity index (χ1) is 15.9. The highest BCUT2D eigenvalue weighted by atomic mass is 19.1. The van der Waals surface area contributed by atoms with Gasteiger partial charge in [-0.1, -0.05) is 12.8 Å². The fraction of sp³-hybridized carbons (Fsp3) is 0.682. The SMILES string of the molecule is CC(C)NC(=O)N[C@@H](CC1(F)CCCC1)C(=O)NC1(C(=O)C(=O)Nc2ccn(C)n2)CC(F)C1. The molecule has 0 unspecified atom stereocenters. The highest BCUT2D eigenvalue weighted by Gasteiger charge is 2.55. The van der Waals surface area contributed by atoms with Gasteiger partial charge in [0.15, 0.2) is 5.82 Å². The highest BCUT2D eigenvalue weighted by Crippen LogP contribution is 2.39. The summed E-state index contributed by atoms with van der Waals surface area (Å²) < 4.78 is 30.5. The number of alkyl halides is 2. The molecule has 0 aliphatic heterocycles. The number of aromatic nitrogens is 2. The van der Waals surface area contributed by atoms with Crippen molar-refractivity contribution >= 4 is 29.4 Å². The number of rotatable bonds is 9. The lowest BCUT2D eigenvalue weighted by molar-refractivity contribution is -0.146. The average molecular weight is 483 g/mol. The molecule has 2 saturated carbocycles. The fourth-order valence-corrected chi connectivity index (χ4v) is 4.49. The van der Waals surface area contributed by atoms with E-state index >= 15 is 4.39 Å². The van der Waals surface area contributed by atoms with Crippen LogP contribution in [0.2, 0.25) is 0 Å². The van der Waals surface area contributed by atoms with Crippen LogP contribution < -0.4 is 21.3 Å². The van der Waals surface area contributed by atoms with Crippen LogP contribution in [0, 0.1) is 0 Å². The molecule has 4 N–H and O–H groups in total. The quantitative estimate of drug-likeness (QED) is 0.397. The van der Waals surface area contributed by atoms with Gasteiger partial charge in [-0.2, -0.15) is 5.10 Å². The largest absolute Gasteiger partial charge is 0.341 e. The fourth-order valence-electron chi connectivity index (χ4n) is 4.49. The van der Waals surface area contributed by atoms with E-state index < -0.39 is 47.0 Å². The molecule has 4 amide bonds. The molecule has 0 aromatic carbocycles. The first-order valence-electron chi connectivity index (χ1n) is 11.5. The van der Waals surface area contributed by atoms with Crippen LogP contribution in [0.1, 0.15) is 58.8 Å². The van der Waals surface area contributed by atoms with Gasteiger partial charge in [0, 0.05) is 44.6 Å². The summed E-state index contributed by atoms with van der Waals surface area (Å²) in [5.74, 6) is -2.79. The Labute approximate surface area is 196 Å². The van der Waals surface area contributed by atoms with Gasteiger partial charge < -0.3 is 21.3 Å². The van der Waals surface area contributed by atoms with E-state index in [9.17, 15) is 23.6 Å². The van der Waals surface area contributed by atoms with Gasteiger partial charge in [-0.05, 0) is 26.7 Å². The molecule has 1 aromatic rings. The van der Waals surface area contributed by atoms with Crippen molar-refractivity contribution in [3.8, 4) is 0 Å². The number of Topliss-reactive ketones (excluding diaryl/α,β-unsaturated/α-hetero) is 1. The molecule has 0 bridgehead atoms. The molecule has 10 nitrogen and oxygen atoms in total. The average Bonchev–Trinajstić information content (AvgIpc) is 3.32. The molecule has 34 heavy (non-hydrogen) atoms. The molecule has 0 saturated heterocycles. The number of hydrogen-bond acceptors (Lipinski definition) is 5. The Balaban J connectivity index is 1.74. The van der Waals surface area contributed by atoms with Crippen molar-refractivity contribution in [2.75, 3.05) is 5.32 Å². The number of anilines is 1. The Morgan fingerprint density at radius 3 is 2.35 bits per heavy atom. The second kappa shape index (κ2) is 10.1. The van der Waals surface area contributed by atoms with E-state index in [-0.39, 0.29) is 44.0 Å². The van der Waals surface area contributed by atoms with Gasteiger partial charge >= 0.3 is 6.03 Å². The van der Waals surface area contributed by atoms with E-state index in [1.807, 2.05) is 0 Å². The van der Waals surface area contributed by atoms with Gasteiger partial charge in [0.05, 0.1) is 0 Å². The summed E-state index contributed by atoms with van der Waals surface area (Å²) >= 11 is 0. The number of carbonyl (C=O) groups is 4. The topological polar surface area (TPSA) is 134 Å². The molecule has 12 heteroatoms. The van der Waals surface area contributed by atoms with Crippen LogP contribution in [0.4, 0.5) is 19.4 Å². The van der Waals surface area contributed by atoms with Gasteiger partial charge in [-0.25, -0.2) is 13.6 Å². The number of urea groups is 1. The zero-order chi connectivity index (χ0) is 25.1. The van der Waals surface area contributed by atoms with Crippen LogP contribution in [-0.2, 0) is 21.4 Å². The monoisotopic (exact) mass is 482 g/mol. The predicted molar refractivity (Wildman–Crippen MR) is 119 cm³/mol. The minimum absolute atomic E-state index is 0.129. The predicted octanol–water partition coefficient (Wildman–Crippen LogP) is 1.66. The molecule has 2 aliphatic rings. The smallest absolute Gasteiger partial charge is 0.315 e. The van der Waals surface area contributed by atoms with E-state index in [1.54, 1.807) is 27.1 Å². The first kappa shape index (κ1) is 25.6. The number of hydrogen-bond donors (Lipinski definition) is 4. The number of ketones is 1. The number of carbonyl (C=O) groups excluding carboxylic acids is 4. The van der Waals surface area contributed by atoms with Gasteiger partial charge in [0.1, 0.15) is 23.4 Å². The molecule has 3 rings (SSSR count). The summed E-state index contributed by atoms with van der Waals surface area (Å²) in [6.07, 6.45) is 0.967. The Bertz CT molecular complexity index is 938. The standard InChI is InChI=1S/C22H32F2N6O4/c1-13(2)25-20(34)26-15(12-21(24)7-4-5-8-21)18(32)28-22(10-14(23)11-22)17(31)19(33)27-16-6-9-30(3)29-16/h6,9,13-15H,4-5,7-8,10-12H2,1-3H3,(H,28,32)(H2,25,26,34)(H,27,29,33)/t14?,15-,22?/m0/s1. The normalized spacial score (nSPS) is 24.1. The van der Waals surface area contributed by atoms with E-state index in [0.29, 0.717) is 12.8 Å². The minimum atomic E-state index is -1.77. The number of halogens is 2. The van der Waals surface area contributed by atoms with Crippen LogP contribution in [0.5, 0.6) is 0 Å². The lowest BCUT2D eigenvalue weighted by Crippen LogP contribution is -2.68. The van der Waals surface area contributed by atoms with Crippen molar-refractivity contribution < 1.29 is 28.0 Å². The summed E-state index contributed by atoms with van der Waals surface area (Å²) in [5, 5.41) is 13.8. The van der Waals surface area contributed by atoms with Crippen molar-refractivity contribution in [1.29, 1.82) is 0 Å². The minimum Gasteiger partial charge on any atom is -0.341 e. The van der Waals surface area contributed by atoms with Crippen molar-refractivity contribution in [3.05, 3.63) is 12.3 Å². The van der Waals surface area contributed by atoms with E-state index in [1.165, 1.54) is 10.7 Å². The van der Waals surface area contributed by atoms with Gasteiger partial charge in [0.2, 0.25) is 11.7 Å². The Hall–Kier alpha value is -3.05. The summed E-state index contributed by atoms with van der Waals surface area (Å²) in [6, 6.07) is -0.715. The third kappa shape index (κ3) is 6.09. The van der Waals surface area contributed by atoms with Crippen LogP contribution in [0.3, 0.4) is 0 Å². The summed E-state index contributed by atoms with van der Waals surface area (Å²) in [6.45, 7) is 3.46. The van der Waals surface area contributed by atoms with Crippen molar-refractivity contribution in [2.45, 2.75) is 88.3 Å². The van der Waals surface area contributed by atoms with E-state index in [2.05, 4.69) is 26.4 Å². The molecule has 1 heterocycles. The van der Waals surface area contributed by atoms with Gasteiger partial charge in [0.25, 0.3) is 5.91 Å². The molecule has 2 fully saturated rings. The second-order valence-corrected chi connectivity index (χ2v) is 9.62. The first-order valence-corrected chi connectivity index (χ1v) is 11.5. The summed E-state index contributed by atoms with van der Waals surface area (Å²) in [7, 11) is 1.63. The van der Waals surface area contributed by atoms with Crippen LogP contribution >= 0.6 is 0 Å². The summed E-state index contributed by atoms with van der Waals surface area (Å²) in [4.78, 5) is 50.9. The van der Waals surface area contributed by atoms with Crippen LogP contribution in [0.25, 0.3) is 0 Å². The number of nitrogens with zero attached hydrogens (tertiary/aromatic N) is 2. The second-order valence-electron chi connectivity index (χ2n) is 9.62. The van der Waals surface area contributed by atoms with Crippen LogP contribution in [0.15, 0.2) is 12.3 Å². The van der Waals surface area contributed by atoms with Crippen molar-refractivity contribution in [2.24, 2.45) is 7.05 Å². The number of amides is 4. The van der Waals surface area contributed by atoms with Gasteiger partial charge in [-0.15, -0.1) is 0 Å². The summed E-state index contributed by atoms with van der Waals surface area (Å²) in [5.41, 5.74) is -3.41. The maximum absolute atomic E-state index is 15.2. The molecule has 0 spiro atoms. The van der Waals surface area contributed by atoms with Crippen molar-refractivity contribution in [1.82, 2.24) is 25.7 Å². The Kier molecular flexibility index (Phi) is 7.57. The molecular weight excluding hydrogens is 450 g/mol. The lowest BCUT2D eigenvalue weighted by Gasteiger charge is -2.43. The van der Waals surface area contributed by atoms with Gasteiger partial charge in [-0.3, -0.25) is 19.1 Å². The van der Waals surface area contributed by atoms with E-state index in [0.717, 1.165) is 0 Å². The third-order valence-electron chi connectivity index (χ3n) is 6.21. The molecule has 2 aliphatic carbocycles. The third-order valence-corrected chi connectivity index (χ3v) is 6.21. The molecule has 1 aromatic heterocycles. The van der Waals surface area contributed by atoms with E-state index in [4.69, 9.17) is 0 Å². The molecule has 0 radical (unpaired) electrons. The lowest BCUT2D eigenvalue weighted by atomic mass is 9.71. The number of nitrogens with one attached hydrogen (secondary N) is 4. The number of aryl methyl sites for hydroxylation is 1. The maximum atomic E-state index is 15.2. The Morgan fingerprint density at radius 2 is 1.82 bits per heavy atom. The zero-order valence-electron chi connectivity index (χ0n) is 19.6. The molecule has 188 valence electrons. The molecular formula is C22H32F2N6O4. The molecule has 1 atom stereocenters. The Morgan fingerprint density at radius 1 is 1.18 bits per heavy atom. The van der Waals surface area contributed by atoms with Crippen molar-refractivity contribution in [3.63, 3.8) is 0 Å². The zero-order valence-corrected chi connectivity index (χ0v) is 19.6. The maximum Gasteiger partial charge on any atom is 0.315 e. The highest BCUT2D eigenvalue weighted by molar-refractivity contribution is 6.44.